The Morgan fingerprint density at radius 3 is 2.61 bits per heavy atom. The van der Waals surface area contributed by atoms with E-state index in [1.165, 1.54) is 23.8 Å². The van der Waals surface area contributed by atoms with Gasteiger partial charge in [0.15, 0.2) is 0 Å². The van der Waals surface area contributed by atoms with Gasteiger partial charge >= 0.3 is 0 Å². The minimum atomic E-state index is 0.734. The lowest BCUT2D eigenvalue weighted by molar-refractivity contribution is 0.518. The van der Waals surface area contributed by atoms with Crippen LogP contribution in [-0.2, 0) is 0 Å². The van der Waals surface area contributed by atoms with Crippen molar-refractivity contribution in [3.05, 3.63) is 35.9 Å². The minimum absolute atomic E-state index is 0.734. The molecule has 2 aromatic rings. The second-order valence-electron chi connectivity index (χ2n) is 4.91. The zero-order valence-corrected chi connectivity index (χ0v) is 11.5. The highest BCUT2D eigenvalue weighted by Crippen LogP contribution is 2.20. The molecule has 18 heavy (non-hydrogen) atoms. The van der Waals surface area contributed by atoms with Crippen LogP contribution in [0.5, 0.6) is 0 Å². The molecule has 0 amide bonds. The van der Waals surface area contributed by atoms with E-state index in [1.807, 2.05) is 6.07 Å². The van der Waals surface area contributed by atoms with E-state index in [1.54, 1.807) is 0 Å². The van der Waals surface area contributed by atoms with Crippen LogP contribution in [0.3, 0.4) is 0 Å². The molecule has 1 N–H and O–H groups in total. The number of hydrogen-bond donors (Lipinski definition) is 1. The Kier molecular flexibility index (Phi) is 4.19. The Hall–Kier alpha value is -1.57. The number of anilines is 1. The van der Waals surface area contributed by atoms with Crippen LogP contribution in [0.15, 0.2) is 30.3 Å². The van der Waals surface area contributed by atoms with E-state index < -0.39 is 0 Å². The maximum absolute atomic E-state index is 4.70. The van der Waals surface area contributed by atoms with Gasteiger partial charge in [-0.15, -0.1) is 0 Å². The zero-order valence-electron chi connectivity index (χ0n) is 11.5. The quantitative estimate of drug-likeness (QED) is 0.841. The number of aromatic nitrogens is 1. The molecule has 0 aliphatic carbocycles. The summed E-state index contributed by atoms with van der Waals surface area (Å²) in [6.45, 7) is 7.63. The second kappa shape index (κ2) is 5.85. The summed E-state index contributed by atoms with van der Waals surface area (Å²) >= 11 is 0. The lowest BCUT2D eigenvalue weighted by atomic mass is 10.0. The summed E-state index contributed by atoms with van der Waals surface area (Å²) in [5, 5.41) is 4.71. The van der Waals surface area contributed by atoms with Crippen LogP contribution >= 0.6 is 0 Å². The van der Waals surface area contributed by atoms with E-state index in [-0.39, 0.29) is 0 Å². The van der Waals surface area contributed by atoms with Crippen LogP contribution in [0.4, 0.5) is 5.82 Å². The maximum Gasteiger partial charge on any atom is 0.129 e. The third-order valence-electron chi connectivity index (χ3n) is 3.63. The van der Waals surface area contributed by atoms with Crippen molar-refractivity contribution < 1.29 is 0 Å². The number of para-hydroxylation sites is 1. The van der Waals surface area contributed by atoms with Crippen molar-refractivity contribution in [2.45, 2.75) is 33.6 Å². The van der Waals surface area contributed by atoms with Gasteiger partial charge in [0.05, 0.1) is 5.52 Å². The normalized spacial score (nSPS) is 11.1. The van der Waals surface area contributed by atoms with Crippen LogP contribution in [0, 0.1) is 12.8 Å². The third-order valence-corrected chi connectivity index (χ3v) is 3.63. The first-order valence-electron chi connectivity index (χ1n) is 6.84. The number of fused-ring (bicyclic) bond motifs is 1. The highest BCUT2D eigenvalue weighted by Gasteiger charge is 2.06. The van der Waals surface area contributed by atoms with Crippen molar-refractivity contribution in [2.75, 3.05) is 11.9 Å². The Morgan fingerprint density at radius 2 is 1.89 bits per heavy atom. The van der Waals surface area contributed by atoms with E-state index in [9.17, 15) is 0 Å². The van der Waals surface area contributed by atoms with E-state index in [0.717, 1.165) is 23.8 Å². The van der Waals surface area contributed by atoms with E-state index in [2.05, 4.69) is 50.4 Å². The van der Waals surface area contributed by atoms with Gasteiger partial charge in [0.1, 0.15) is 5.82 Å². The molecule has 0 radical (unpaired) electrons. The lowest BCUT2D eigenvalue weighted by Gasteiger charge is -2.15. The fourth-order valence-corrected chi connectivity index (χ4v) is 2.22. The molecule has 2 nitrogen and oxygen atoms in total. The van der Waals surface area contributed by atoms with Crippen LogP contribution in [0.1, 0.15) is 32.3 Å². The molecule has 96 valence electrons. The molecular formula is C16H22N2. The molecule has 0 spiro atoms. The molecule has 1 heterocycles. The number of rotatable bonds is 5. The highest BCUT2D eigenvalue weighted by atomic mass is 15.0. The van der Waals surface area contributed by atoms with Gasteiger partial charge in [-0.05, 0) is 30.5 Å². The van der Waals surface area contributed by atoms with Crippen molar-refractivity contribution in [2.24, 2.45) is 5.92 Å². The molecule has 0 saturated carbocycles. The maximum atomic E-state index is 4.70. The topological polar surface area (TPSA) is 24.9 Å². The standard InChI is InChI=1S/C16H22N2/c1-4-13(5-2)11-17-16-12(3)10-14-8-6-7-9-15(14)18-16/h6-10,13H,4-5,11H2,1-3H3,(H,17,18). The molecule has 2 rings (SSSR count). The summed E-state index contributed by atoms with van der Waals surface area (Å²) in [7, 11) is 0. The van der Waals surface area contributed by atoms with Gasteiger partial charge in [-0.2, -0.15) is 0 Å². The molecule has 0 fully saturated rings. The molecule has 0 bridgehead atoms. The zero-order chi connectivity index (χ0) is 13.0. The largest absolute Gasteiger partial charge is 0.370 e. The third kappa shape index (κ3) is 2.81. The summed E-state index contributed by atoms with van der Waals surface area (Å²) in [6, 6.07) is 10.5. The molecule has 1 aromatic heterocycles. The van der Waals surface area contributed by atoms with Crippen molar-refractivity contribution in [1.82, 2.24) is 4.98 Å². The monoisotopic (exact) mass is 242 g/mol. The summed E-state index contributed by atoms with van der Waals surface area (Å²) in [5.41, 5.74) is 2.29. The number of pyridine rings is 1. The Bertz CT molecular complexity index is 515. The lowest BCUT2D eigenvalue weighted by Crippen LogP contribution is -2.14. The molecule has 1 aromatic carbocycles. The molecular weight excluding hydrogens is 220 g/mol. The first kappa shape index (κ1) is 12.9. The number of hydrogen-bond acceptors (Lipinski definition) is 2. The number of nitrogens with zero attached hydrogens (tertiary/aromatic N) is 1. The van der Waals surface area contributed by atoms with E-state index in [4.69, 9.17) is 4.98 Å². The van der Waals surface area contributed by atoms with E-state index >= 15 is 0 Å². The number of benzene rings is 1. The molecule has 0 atom stereocenters. The predicted octanol–water partition coefficient (Wildman–Crippen LogP) is 4.39. The van der Waals surface area contributed by atoms with Gasteiger partial charge in [0.25, 0.3) is 0 Å². The van der Waals surface area contributed by atoms with Gasteiger partial charge < -0.3 is 5.32 Å². The second-order valence-corrected chi connectivity index (χ2v) is 4.91. The van der Waals surface area contributed by atoms with Gasteiger partial charge in [-0.3, -0.25) is 0 Å². The van der Waals surface area contributed by atoms with Crippen molar-refractivity contribution in [3.63, 3.8) is 0 Å². The fourth-order valence-electron chi connectivity index (χ4n) is 2.22. The van der Waals surface area contributed by atoms with Crippen molar-refractivity contribution in [3.8, 4) is 0 Å². The summed E-state index contributed by atoms with van der Waals surface area (Å²) < 4.78 is 0. The van der Waals surface area contributed by atoms with Crippen LogP contribution in [0.2, 0.25) is 0 Å². The first-order valence-corrected chi connectivity index (χ1v) is 6.84. The SMILES string of the molecule is CCC(CC)CNc1nc2ccccc2cc1C. The number of aryl methyl sites for hydroxylation is 1. The minimum Gasteiger partial charge on any atom is -0.370 e. The molecule has 2 heteroatoms. The van der Waals surface area contributed by atoms with Crippen molar-refractivity contribution in [1.29, 1.82) is 0 Å². The smallest absolute Gasteiger partial charge is 0.129 e. The van der Waals surface area contributed by atoms with Gasteiger partial charge in [0.2, 0.25) is 0 Å². The highest BCUT2D eigenvalue weighted by molar-refractivity contribution is 5.81. The molecule has 0 saturated heterocycles. The predicted molar refractivity (Wildman–Crippen MR) is 79.0 cm³/mol. The van der Waals surface area contributed by atoms with Gasteiger partial charge in [0, 0.05) is 11.9 Å². The number of nitrogens with one attached hydrogen (secondary N) is 1. The average Bonchev–Trinajstić information content (AvgIpc) is 2.40. The van der Waals surface area contributed by atoms with E-state index in [0.29, 0.717) is 0 Å². The van der Waals surface area contributed by atoms with Gasteiger partial charge in [-0.25, -0.2) is 4.98 Å². The molecule has 0 unspecified atom stereocenters. The average molecular weight is 242 g/mol. The van der Waals surface area contributed by atoms with Crippen LogP contribution < -0.4 is 5.32 Å². The molecule has 0 aliphatic rings. The molecule has 0 aliphatic heterocycles. The van der Waals surface area contributed by atoms with Gasteiger partial charge in [-0.1, -0.05) is 44.9 Å². The van der Waals surface area contributed by atoms with Crippen LogP contribution in [-0.4, -0.2) is 11.5 Å². The van der Waals surface area contributed by atoms with Crippen molar-refractivity contribution >= 4 is 16.7 Å². The van der Waals surface area contributed by atoms with Crippen LogP contribution in [0.25, 0.3) is 10.9 Å². The Balaban J connectivity index is 2.20. The fraction of sp³-hybridized carbons (Fsp3) is 0.438. The summed E-state index contributed by atoms with van der Waals surface area (Å²) in [6.07, 6.45) is 2.44. The first-order chi connectivity index (χ1) is 8.74. The summed E-state index contributed by atoms with van der Waals surface area (Å²) in [5.74, 6) is 1.76. The summed E-state index contributed by atoms with van der Waals surface area (Å²) in [4.78, 5) is 4.70. The Morgan fingerprint density at radius 1 is 1.17 bits per heavy atom. The Labute approximate surface area is 109 Å².